The Kier molecular flexibility index (Phi) is 4.67. The van der Waals surface area contributed by atoms with E-state index in [0.29, 0.717) is 6.61 Å². The maximum Gasteiger partial charge on any atom is 0.243 e. The van der Waals surface area contributed by atoms with Crippen molar-refractivity contribution in [1.29, 1.82) is 0 Å². The maximum atomic E-state index is 11.9. The molecule has 0 aromatic carbocycles. The van der Waals surface area contributed by atoms with E-state index in [4.69, 9.17) is 10.5 Å². The molecule has 1 heterocycles. The summed E-state index contributed by atoms with van der Waals surface area (Å²) in [6, 6.07) is 0. The third-order valence-electron chi connectivity index (χ3n) is 3.01. The second-order valence-corrected chi connectivity index (χ2v) is 6.22. The van der Waals surface area contributed by atoms with Gasteiger partial charge in [-0.05, 0) is 12.8 Å². The van der Waals surface area contributed by atoms with Gasteiger partial charge in [-0.3, -0.25) is 0 Å². The van der Waals surface area contributed by atoms with Gasteiger partial charge in [0, 0.05) is 6.54 Å². The number of ether oxygens (including phenoxy) is 1. The molecule has 0 unspecified atom stereocenters. The van der Waals surface area contributed by atoms with Crippen LogP contribution < -0.4 is 10.5 Å². The van der Waals surface area contributed by atoms with Crippen LogP contribution in [-0.4, -0.2) is 37.6 Å². The quantitative estimate of drug-likeness (QED) is 0.728. The Balaban J connectivity index is 1.79. The first-order valence-corrected chi connectivity index (χ1v) is 7.75. The van der Waals surface area contributed by atoms with Crippen molar-refractivity contribution in [2.24, 2.45) is 0 Å². The smallest absolute Gasteiger partial charge is 0.243 e. The van der Waals surface area contributed by atoms with Crippen molar-refractivity contribution < 1.29 is 13.2 Å². The number of hydrogen-bond donors (Lipinski definition) is 2. The van der Waals surface area contributed by atoms with Gasteiger partial charge in [-0.2, -0.15) is 0 Å². The normalized spacial score (nSPS) is 16.8. The highest BCUT2D eigenvalue weighted by Crippen LogP contribution is 2.20. The van der Waals surface area contributed by atoms with E-state index >= 15 is 0 Å². The minimum atomic E-state index is -3.58. The van der Waals surface area contributed by atoms with E-state index in [2.05, 4.69) is 14.7 Å². The van der Waals surface area contributed by atoms with Gasteiger partial charge in [0.2, 0.25) is 16.0 Å². The number of anilines is 1. The largest absolute Gasteiger partial charge is 0.377 e. The molecule has 19 heavy (non-hydrogen) atoms. The first-order valence-electron chi connectivity index (χ1n) is 6.27. The molecule has 1 aromatic rings. The molecular weight excluding hydrogens is 268 g/mol. The molecule has 0 bridgehead atoms. The van der Waals surface area contributed by atoms with E-state index in [1.165, 1.54) is 25.2 Å². The zero-order chi connectivity index (χ0) is 13.7. The number of sulfonamides is 1. The zero-order valence-corrected chi connectivity index (χ0v) is 11.4. The van der Waals surface area contributed by atoms with E-state index in [0.717, 1.165) is 12.8 Å². The molecule has 3 N–H and O–H groups in total. The third-order valence-corrected chi connectivity index (χ3v) is 4.42. The summed E-state index contributed by atoms with van der Waals surface area (Å²) in [6.07, 6.45) is 7.17. The highest BCUT2D eigenvalue weighted by atomic mass is 32.2. The second kappa shape index (κ2) is 6.27. The molecule has 106 valence electrons. The first-order chi connectivity index (χ1) is 9.08. The van der Waals surface area contributed by atoms with Crippen LogP contribution in [0.4, 0.5) is 5.95 Å². The Morgan fingerprint density at radius 1 is 1.32 bits per heavy atom. The van der Waals surface area contributed by atoms with E-state index < -0.39 is 10.0 Å². The molecule has 0 amide bonds. The van der Waals surface area contributed by atoms with Crippen molar-refractivity contribution in [3.8, 4) is 0 Å². The Morgan fingerprint density at radius 3 is 2.58 bits per heavy atom. The predicted octanol–water partition coefficient (Wildman–Crippen LogP) is 0.296. The fraction of sp³-hybridized carbons (Fsp3) is 0.636. The summed E-state index contributed by atoms with van der Waals surface area (Å²) < 4.78 is 31.7. The minimum Gasteiger partial charge on any atom is -0.377 e. The fourth-order valence-corrected chi connectivity index (χ4v) is 2.91. The van der Waals surface area contributed by atoms with Crippen molar-refractivity contribution in [3.63, 3.8) is 0 Å². The van der Waals surface area contributed by atoms with Crippen LogP contribution in [0.25, 0.3) is 0 Å². The molecule has 0 spiro atoms. The average Bonchev–Trinajstić information content (AvgIpc) is 2.88. The van der Waals surface area contributed by atoms with Gasteiger partial charge in [-0.1, -0.05) is 12.8 Å². The lowest BCUT2D eigenvalue weighted by Gasteiger charge is -2.11. The molecule has 0 atom stereocenters. The number of nitrogen functional groups attached to an aromatic ring is 1. The van der Waals surface area contributed by atoms with Gasteiger partial charge < -0.3 is 10.5 Å². The van der Waals surface area contributed by atoms with Gasteiger partial charge in [0.15, 0.2) is 0 Å². The van der Waals surface area contributed by atoms with Crippen LogP contribution in [0.15, 0.2) is 17.3 Å². The molecule has 1 fully saturated rings. The standard InChI is InChI=1S/C11H18N4O3S/c12-11-13-7-10(8-14-11)19(16,17)15-5-6-18-9-3-1-2-4-9/h7-9,15H,1-6H2,(H2,12,13,14). The van der Waals surface area contributed by atoms with Crippen LogP contribution in [-0.2, 0) is 14.8 Å². The topological polar surface area (TPSA) is 107 Å². The van der Waals surface area contributed by atoms with E-state index in [1.807, 2.05) is 0 Å². The zero-order valence-electron chi connectivity index (χ0n) is 10.6. The second-order valence-electron chi connectivity index (χ2n) is 4.45. The SMILES string of the molecule is Nc1ncc(S(=O)(=O)NCCOC2CCCC2)cn1. The summed E-state index contributed by atoms with van der Waals surface area (Å²) in [7, 11) is -3.58. The van der Waals surface area contributed by atoms with Gasteiger partial charge in [0.1, 0.15) is 4.90 Å². The van der Waals surface area contributed by atoms with Crippen molar-refractivity contribution in [2.75, 3.05) is 18.9 Å². The van der Waals surface area contributed by atoms with Crippen molar-refractivity contribution in [2.45, 2.75) is 36.7 Å². The van der Waals surface area contributed by atoms with Crippen molar-refractivity contribution in [3.05, 3.63) is 12.4 Å². The van der Waals surface area contributed by atoms with Crippen LogP contribution in [0.1, 0.15) is 25.7 Å². The summed E-state index contributed by atoms with van der Waals surface area (Å²) in [5.74, 6) is 0.0449. The van der Waals surface area contributed by atoms with Crippen LogP contribution in [0, 0.1) is 0 Å². The van der Waals surface area contributed by atoms with Gasteiger partial charge in [-0.25, -0.2) is 23.1 Å². The van der Waals surface area contributed by atoms with Gasteiger partial charge in [0.05, 0.1) is 25.1 Å². The maximum absolute atomic E-state index is 11.9. The van der Waals surface area contributed by atoms with E-state index in [1.54, 1.807) is 0 Å². The molecule has 0 saturated heterocycles. The number of nitrogens with zero attached hydrogens (tertiary/aromatic N) is 2. The number of nitrogens with two attached hydrogens (primary N) is 1. The molecule has 1 aliphatic rings. The highest BCUT2D eigenvalue weighted by molar-refractivity contribution is 7.89. The van der Waals surface area contributed by atoms with Crippen LogP contribution in [0.3, 0.4) is 0 Å². The summed E-state index contributed by atoms with van der Waals surface area (Å²) in [5, 5.41) is 0. The summed E-state index contributed by atoms with van der Waals surface area (Å²) in [4.78, 5) is 7.31. The average molecular weight is 286 g/mol. The Labute approximate surface area is 112 Å². The molecule has 1 aromatic heterocycles. The summed E-state index contributed by atoms with van der Waals surface area (Å²) >= 11 is 0. The van der Waals surface area contributed by atoms with Gasteiger partial charge >= 0.3 is 0 Å². The monoisotopic (exact) mass is 286 g/mol. The Hall–Kier alpha value is -1.25. The van der Waals surface area contributed by atoms with Crippen LogP contribution >= 0.6 is 0 Å². The van der Waals surface area contributed by atoms with Crippen molar-refractivity contribution in [1.82, 2.24) is 14.7 Å². The molecule has 8 heteroatoms. The van der Waals surface area contributed by atoms with E-state index in [-0.39, 0.29) is 23.5 Å². The lowest BCUT2D eigenvalue weighted by atomic mass is 10.3. The number of rotatable bonds is 6. The number of hydrogen-bond acceptors (Lipinski definition) is 6. The predicted molar refractivity (Wildman–Crippen MR) is 69.8 cm³/mol. The summed E-state index contributed by atoms with van der Waals surface area (Å²) in [6.45, 7) is 0.614. The molecule has 0 radical (unpaired) electrons. The van der Waals surface area contributed by atoms with Crippen LogP contribution in [0.5, 0.6) is 0 Å². The lowest BCUT2D eigenvalue weighted by molar-refractivity contribution is 0.0626. The Bertz CT molecular complexity index is 497. The fourth-order valence-electron chi connectivity index (χ4n) is 2.00. The number of aromatic nitrogens is 2. The third kappa shape index (κ3) is 4.12. The minimum absolute atomic E-state index is 0.00238. The molecule has 2 rings (SSSR count). The first kappa shape index (κ1) is 14.2. The number of nitrogens with one attached hydrogen (secondary N) is 1. The highest BCUT2D eigenvalue weighted by Gasteiger charge is 2.17. The van der Waals surface area contributed by atoms with Crippen molar-refractivity contribution >= 4 is 16.0 Å². The van der Waals surface area contributed by atoms with E-state index in [9.17, 15) is 8.42 Å². The summed E-state index contributed by atoms with van der Waals surface area (Å²) in [5.41, 5.74) is 5.30. The molecule has 1 saturated carbocycles. The van der Waals surface area contributed by atoms with Gasteiger partial charge in [0.25, 0.3) is 0 Å². The molecular formula is C11H18N4O3S. The van der Waals surface area contributed by atoms with Crippen LogP contribution in [0.2, 0.25) is 0 Å². The lowest BCUT2D eigenvalue weighted by Crippen LogP contribution is -2.28. The molecule has 7 nitrogen and oxygen atoms in total. The molecule has 1 aliphatic carbocycles. The Morgan fingerprint density at radius 2 is 1.95 bits per heavy atom. The molecule has 0 aliphatic heterocycles. The van der Waals surface area contributed by atoms with Gasteiger partial charge in [-0.15, -0.1) is 0 Å².